The number of rotatable bonds is 2. The number of aryl methyl sites for hydroxylation is 1. The highest BCUT2D eigenvalue weighted by molar-refractivity contribution is 7.14. The molecule has 0 fully saturated rings. The largest absolute Gasteiger partial charge is 0.385 e. The van der Waals surface area contributed by atoms with Gasteiger partial charge in [-0.2, -0.15) is 4.37 Å². The molecule has 1 aliphatic rings. The van der Waals surface area contributed by atoms with E-state index < -0.39 is 0 Å². The van der Waals surface area contributed by atoms with E-state index in [0.717, 1.165) is 44.7 Å². The quantitative estimate of drug-likeness (QED) is 0.601. The molecule has 0 spiro atoms. The first kappa shape index (κ1) is 12.5. The van der Waals surface area contributed by atoms with E-state index in [2.05, 4.69) is 16.6 Å². The molecule has 0 bridgehead atoms. The molecule has 0 unspecified atom stereocenters. The fraction of sp³-hybridized carbons (Fsp3) is 0.176. The third-order valence-corrected chi connectivity index (χ3v) is 4.96. The third-order valence-electron chi connectivity index (χ3n) is 3.98. The van der Waals surface area contributed by atoms with Crippen LogP contribution in [0.3, 0.4) is 0 Å². The fourth-order valence-corrected chi connectivity index (χ4v) is 3.90. The molecule has 104 valence electrons. The van der Waals surface area contributed by atoms with E-state index in [1.807, 2.05) is 37.3 Å². The molecule has 1 aromatic heterocycles. The van der Waals surface area contributed by atoms with Crippen molar-refractivity contribution in [3.05, 3.63) is 47.0 Å². The van der Waals surface area contributed by atoms with Crippen molar-refractivity contribution in [1.82, 2.24) is 4.37 Å². The first-order chi connectivity index (χ1) is 10.2. The number of hydrogen-bond acceptors (Lipinski definition) is 4. The van der Waals surface area contributed by atoms with Gasteiger partial charge in [0.25, 0.3) is 0 Å². The predicted molar refractivity (Wildman–Crippen MR) is 87.4 cm³/mol. The van der Waals surface area contributed by atoms with Crippen LogP contribution in [0, 0.1) is 6.92 Å². The average Bonchev–Trinajstić information content (AvgIpc) is 2.93. The Morgan fingerprint density at radius 2 is 2.05 bits per heavy atom. The van der Waals surface area contributed by atoms with E-state index in [1.165, 1.54) is 17.1 Å². The summed E-state index contributed by atoms with van der Waals surface area (Å²) < 4.78 is 5.75. The van der Waals surface area contributed by atoms with Crippen LogP contribution in [-0.2, 0) is 0 Å². The topological polar surface area (TPSA) is 42.0 Å². The lowest BCUT2D eigenvalue weighted by atomic mass is 9.86. The van der Waals surface area contributed by atoms with Crippen LogP contribution < -0.4 is 5.32 Å². The van der Waals surface area contributed by atoms with Crippen LogP contribution in [0.4, 0.5) is 5.69 Å². The van der Waals surface area contributed by atoms with E-state index >= 15 is 0 Å². The molecule has 21 heavy (non-hydrogen) atoms. The van der Waals surface area contributed by atoms with Gasteiger partial charge in [0.1, 0.15) is 0 Å². The van der Waals surface area contributed by atoms with E-state index in [-0.39, 0.29) is 5.78 Å². The molecular weight excluding hydrogens is 280 g/mol. The van der Waals surface area contributed by atoms with E-state index in [1.54, 1.807) is 0 Å². The molecule has 0 saturated carbocycles. The summed E-state index contributed by atoms with van der Waals surface area (Å²) in [5, 5.41) is 4.31. The van der Waals surface area contributed by atoms with Crippen molar-refractivity contribution in [2.24, 2.45) is 0 Å². The Bertz CT molecular complexity index is 895. The van der Waals surface area contributed by atoms with Crippen LogP contribution in [0.5, 0.6) is 0 Å². The molecule has 1 aliphatic carbocycles. The minimum Gasteiger partial charge on any atom is -0.385 e. The summed E-state index contributed by atoms with van der Waals surface area (Å²) in [6, 6.07) is 9.88. The first-order valence-corrected chi connectivity index (χ1v) is 7.80. The van der Waals surface area contributed by atoms with Crippen molar-refractivity contribution >= 4 is 33.1 Å². The average molecular weight is 294 g/mol. The zero-order valence-electron chi connectivity index (χ0n) is 11.9. The van der Waals surface area contributed by atoms with Crippen molar-refractivity contribution in [3.63, 3.8) is 0 Å². The van der Waals surface area contributed by atoms with E-state index in [4.69, 9.17) is 0 Å². The predicted octanol–water partition coefficient (Wildman–Crippen LogP) is 4.25. The second-order valence-electron chi connectivity index (χ2n) is 5.25. The molecule has 0 amide bonds. The van der Waals surface area contributed by atoms with Gasteiger partial charge < -0.3 is 5.32 Å². The lowest BCUT2D eigenvalue weighted by molar-refractivity contribution is 0.104. The maximum atomic E-state index is 12.9. The smallest absolute Gasteiger partial charge is 0.196 e. The molecular formula is C17H14N2OS. The summed E-state index contributed by atoms with van der Waals surface area (Å²) in [5.41, 5.74) is 5.50. The molecule has 3 aromatic rings. The van der Waals surface area contributed by atoms with Crippen molar-refractivity contribution in [2.45, 2.75) is 13.8 Å². The first-order valence-electron chi connectivity index (χ1n) is 7.03. The number of hydrogen-bond donors (Lipinski definition) is 1. The van der Waals surface area contributed by atoms with Gasteiger partial charge in [-0.15, -0.1) is 0 Å². The van der Waals surface area contributed by atoms with Gasteiger partial charge in [-0.05, 0) is 43.1 Å². The molecule has 0 radical (unpaired) electrons. The molecule has 0 aliphatic heterocycles. The van der Waals surface area contributed by atoms with Crippen LogP contribution in [0.2, 0.25) is 0 Å². The zero-order chi connectivity index (χ0) is 14.6. The third kappa shape index (κ3) is 1.59. The molecule has 0 saturated heterocycles. The van der Waals surface area contributed by atoms with Gasteiger partial charge >= 0.3 is 0 Å². The number of nitrogens with zero attached hydrogens (tertiary/aromatic N) is 1. The number of fused-ring (bicyclic) bond motifs is 2. The highest BCUT2D eigenvalue weighted by atomic mass is 32.1. The monoisotopic (exact) mass is 294 g/mol. The number of aromatic nitrogens is 1. The molecule has 0 atom stereocenters. The number of anilines is 1. The van der Waals surface area contributed by atoms with E-state index in [0.29, 0.717) is 0 Å². The highest BCUT2D eigenvalue weighted by Crippen LogP contribution is 2.43. The Morgan fingerprint density at radius 3 is 2.86 bits per heavy atom. The number of carbonyl (C=O) groups is 1. The van der Waals surface area contributed by atoms with Gasteiger partial charge in [0.15, 0.2) is 5.78 Å². The maximum Gasteiger partial charge on any atom is 0.196 e. The van der Waals surface area contributed by atoms with Crippen LogP contribution in [0.25, 0.3) is 21.3 Å². The van der Waals surface area contributed by atoms with Gasteiger partial charge in [-0.3, -0.25) is 4.79 Å². The zero-order valence-corrected chi connectivity index (χ0v) is 12.7. The Balaban J connectivity index is 2.13. The van der Waals surface area contributed by atoms with Gasteiger partial charge in [-0.1, -0.05) is 18.2 Å². The van der Waals surface area contributed by atoms with Crippen molar-refractivity contribution in [3.8, 4) is 11.3 Å². The minimum atomic E-state index is 0.0965. The van der Waals surface area contributed by atoms with Crippen molar-refractivity contribution < 1.29 is 4.79 Å². The molecule has 1 heterocycles. The number of carbonyl (C=O) groups excluding carboxylic acids is 1. The van der Waals surface area contributed by atoms with E-state index in [9.17, 15) is 4.79 Å². The summed E-state index contributed by atoms with van der Waals surface area (Å²) in [5.74, 6) is 0.0965. The van der Waals surface area contributed by atoms with Gasteiger partial charge in [0.05, 0.1) is 16.0 Å². The van der Waals surface area contributed by atoms with Crippen LogP contribution >= 0.6 is 11.5 Å². The summed E-state index contributed by atoms with van der Waals surface area (Å²) >= 11 is 1.48. The van der Waals surface area contributed by atoms with Gasteiger partial charge in [0, 0.05) is 28.7 Å². The van der Waals surface area contributed by atoms with Crippen molar-refractivity contribution in [2.75, 3.05) is 11.9 Å². The summed E-state index contributed by atoms with van der Waals surface area (Å²) in [6.45, 7) is 4.89. The molecule has 4 heteroatoms. The fourth-order valence-electron chi connectivity index (χ4n) is 3.02. The minimum absolute atomic E-state index is 0.0965. The SMILES string of the molecule is CCNc1cccc2c1C(=O)c1ccc(C)c3snc-2c13. The standard InChI is InChI=1S/C17H14N2OS/c1-3-18-12-6-4-5-10-13(12)16(20)11-8-7-9(2)17-14(11)15(10)19-21-17/h4-8,18H,3H2,1-2H3. The Labute approximate surface area is 126 Å². The summed E-state index contributed by atoms with van der Waals surface area (Å²) in [7, 11) is 0. The Hall–Kier alpha value is -2.20. The molecule has 2 aromatic carbocycles. The van der Waals surface area contributed by atoms with Crippen LogP contribution in [0.15, 0.2) is 30.3 Å². The lowest BCUT2D eigenvalue weighted by Gasteiger charge is -2.19. The van der Waals surface area contributed by atoms with Crippen LogP contribution in [0.1, 0.15) is 28.4 Å². The maximum absolute atomic E-state index is 12.9. The molecule has 4 rings (SSSR count). The number of ketones is 1. The normalized spacial score (nSPS) is 12.6. The van der Waals surface area contributed by atoms with Gasteiger partial charge in [0.2, 0.25) is 0 Å². The van der Waals surface area contributed by atoms with Gasteiger partial charge in [-0.25, -0.2) is 0 Å². The van der Waals surface area contributed by atoms with Crippen LogP contribution in [-0.4, -0.2) is 16.7 Å². The second kappa shape index (κ2) is 4.40. The Kier molecular flexibility index (Phi) is 2.62. The second-order valence-corrected chi connectivity index (χ2v) is 6.03. The number of nitrogens with one attached hydrogen (secondary N) is 1. The molecule has 3 nitrogen and oxygen atoms in total. The highest BCUT2D eigenvalue weighted by Gasteiger charge is 2.29. The summed E-state index contributed by atoms with van der Waals surface area (Å²) in [6.07, 6.45) is 0. The Morgan fingerprint density at radius 1 is 1.19 bits per heavy atom. The lowest BCUT2D eigenvalue weighted by Crippen LogP contribution is -2.13. The number of benzene rings is 2. The molecule has 1 N–H and O–H groups in total. The summed E-state index contributed by atoms with van der Waals surface area (Å²) in [4.78, 5) is 12.9. The van der Waals surface area contributed by atoms with Crippen molar-refractivity contribution in [1.29, 1.82) is 0 Å².